The lowest BCUT2D eigenvalue weighted by molar-refractivity contribution is -0.0149. The van der Waals surface area contributed by atoms with Crippen LogP contribution in [0.3, 0.4) is 0 Å². The van der Waals surface area contributed by atoms with Gasteiger partial charge in [-0.2, -0.15) is 0 Å². The number of rotatable bonds is 0. The lowest BCUT2D eigenvalue weighted by atomic mass is 9.82. The van der Waals surface area contributed by atoms with E-state index in [4.69, 9.17) is 4.74 Å². The summed E-state index contributed by atoms with van der Waals surface area (Å²) < 4.78 is 5.61. The Morgan fingerprint density at radius 1 is 1.38 bits per heavy atom. The quantitative estimate of drug-likeness (QED) is 0.745. The number of fused-ring (bicyclic) bond motifs is 2. The van der Waals surface area contributed by atoms with Gasteiger partial charge in [0.1, 0.15) is 0 Å². The van der Waals surface area contributed by atoms with Gasteiger partial charge in [-0.25, -0.2) is 4.79 Å². The van der Waals surface area contributed by atoms with Crippen molar-refractivity contribution in [3.63, 3.8) is 0 Å². The molecule has 2 heterocycles. The molecule has 86 valence electrons. The molecule has 2 aliphatic rings. The molecule has 0 aromatic carbocycles. The fourth-order valence-corrected chi connectivity index (χ4v) is 3.91. The second-order valence-electron chi connectivity index (χ2n) is 4.67. The van der Waals surface area contributed by atoms with E-state index in [1.165, 1.54) is 16.2 Å². The summed E-state index contributed by atoms with van der Waals surface area (Å²) in [6.07, 6.45) is 5.24. The molecule has 1 aliphatic carbocycles. The molecule has 16 heavy (non-hydrogen) atoms. The van der Waals surface area contributed by atoms with Crippen LogP contribution in [0.25, 0.3) is 0 Å². The van der Waals surface area contributed by atoms with Gasteiger partial charge < -0.3 is 4.74 Å². The third-order valence-corrected chi connectivity index (χ3v) is 4.69. The zero-order valence-electron chi connectivity index (χ0n) is 9.34. The van der Waals surface area contributed by atoms with E-state index < -0.39 is 0 Å². The molecular formula is C12H15NO2S. The SMILES string of the molecule is Cc1cc2c(s1)C1(CCCCC1)OC(=O)N2. The standard InChI is InChI=1S/C12H15NO2S/c1-8-7-9-10(16-8)12(15-11(14)13-9)5-3-2-4-6-12/h7H,2-6H2,1H3,(H,13,14). The van der Waals surface area contributed by atoms with Crippen LogP contribution in [0.5, 0.6) is 0 Å². The minimum Gasteiger partial charge on any atom is -0.437 e. The van der Waals surface area contributed by atoms with Gasteiger partial charge in [-0.05, 0) is 38.7 Å². The van der Waals surface area contributed by atoms with Crippen LogP contribution < -0.4 is 5.32 Å². The monoisotopic (exact) mass is 237 g/mol. The van der Waals surface area contributed by atoms with E-state index >= 15 is 0 Å². The van der Waals surface area contributed by atoms with Crippen molar-refractivity contribution in [2.75, 3.05) is 5.32 Å². The Morgan fingerprint density at radius 3 is 2.88 bits per heavy atom. The highest BCUT2D eigenvalue weighted by Crippen LogP contribution is 2.49. The highest BCUT2D eigenvalue weighted by molar-refractivity contribution is 7.12. The first-order chi connectivity index (χ1) is 7.70. The van der Waals surface area contributed by atoms with Crippen molar-refractivity contribution in [1.29, 1.82) is 0 Å². The number of hydrogen-bond acceptors (Lipinski definition) is 3. The van der Waals surface area contributed by atoms with Crippen LogP contribution in [-0.2, 0) is 10.3 Å². The number of carbonyl (C=O) groups excluding carboxylic acids is 1. The molecule has 0 atom stereocenters. The fraction of sp³-hybridized carbons (Fsp3) is 0.583. The Kier molecular flexibility index (Phi) is 2.21. The van der Waals surface area contributed by atoms with Gasteiger partial charge in [-0.15, -0.1) is 11.3 Å². The second kappa shape index (κ2) is 3.48. The summed E-state index contributed by atoms with van der Waals surface area (Å²) in [5, 5.41) is 2.80. The summed E-state index contributed by atoms with van der Waals surface area (Å²) in [7, 11) is 0. The van der Waals surface area contributed by atoms with Crippen molar-refractivity contribution in [3.05, 3.63) is 15.8 Å². The Balaban J connectivity index is 2.08. The van der Waals surface area contributed by atoms with E-state index in [2.05, 4.69) is 18.3 Å². The highest BCUT2D eigenvalue weighted by Gasteiger charge is 2.44. The molecule has 3 rings (SSSR count). The van der Waals surface area contributed by atoms with E-state index in [-0.39, 0.29) is 11.7 Å². The van der Waals surface area contributed by atoms with Crippen molar-refractivity contribution >= 4 is 23.1 Å². The zero-order chi connectivity index (χ0) is 11.2. The summed E-state index contributed by atoms with van der Waals surface area (Å²) in [4.78, 5) is 14.0. The third-order valence-electron chi connectivity index (χ3n) is 3.46. The van der Waals surface area contributed by atoms with Gasteiger partial charge in [0, 0.05) is 4.88 Å². The van der Waals surface area contributed by atoms with Crippen molar-refractivity contribution in [3.8, 4) is 0 Å². The molecule has 1 aliphatic heterocycles. The Labute approximate surface area is 98.8 Å². The number of nitrogens with one attached hydrogen (secondary N) is 1. The molecule has 1 amide bonds. The number of aryl methyl sites for hydroxylation is 1. The maximum atomic E-state index is 11.6. The maximum absolute atomic E-state index is 11.6. The van der Waals surface area contributed by atoms with Crippen molar-refractivity contribution < 1.29 is 9.53 Å². The Hall–Kier alpha value is -1.03. The molecule has 4 heteroatoms. The highest BCUT2D eigenvalue weighted by atomic mass is 32.1. The zero-order valence-corrected chi connectivity index (χ0v) is 10.2. The first kappa shape index (κ1) is 10.1. The van der Waals surface area contributed by atoms with E-state index in [9.17, 15) is 4.79 Å². The van der Waals surface area contributed by atoms with Crippen LogP contribution in [-0.4, -0.2) is 6.09 Å². The molecule has 1 aromatic rings. The van der Waals surface area contributed by atoms with E-state index in [1.54, 1.807) is 11.3 Å². The molecule has 1 spiro atoms. The largest absolute Gasteiger partial charge is 0.437 e. The Bertz CT molecular complexity index is 432. The average Bonchev–Trinajstić information content (AvgIpc) is 2.60. The number of hydrogen-bond donors (Lipinski definition) is 1. The van der Waals surface area contributed by atoms with Crippen LogP contribution in [0.1, 0.15) is 41.9 Å². The first-order valence-electron chi connectivity index (χ1n) is 5.81. The summed E-state index contributed by atoms with van der Waals surface area (Å²) in [6.45, 7) is 2.08. The minimum absolute atomic E-state index is 0.285. The smallest absolute Gasteiger partial charge is 0.412 e. The van der Waals surface area contributed by atoms with E-state index in [0.717, 1.165) is 31.4 Å². The molecule has 1 saturated carbocycles. The van der Waals surface area contributed by atoms with Crippen molar-refractivity contribution in [2.24, 2.45) is 0 Å². The summed E-state index contributed by atoms with van der Waals surface area (Å²) in [5.41, 5.74) is 0.662. The van der Waals surface area contributed by atoms with Crippen LogP contribution >= 0.6 is 11.3 Å². The van der Waals surface area contributed by atoms with Gasteiger partial charge in [-0.3, -0.25) is 5.32 Å². The molecule has 1 aromatic heterocycles. The second-order valence-corrected chi connectivity index (χ2v) is 5.93. The summed E-state index contributed by atoms with van der Waals surface area (Å²) >= 11 is 1.76. The van der Waals surface area contributed by atoms with E-state index in [0.29, 0.717) is 0 Å². The van der Waals surface area contributed by atoms with Gasteiger partial charge in [0.2, 0.25) is 0 Å². The summed E-state index contributed by atoms with van der Waals surface area (Å²) in [5.74, 6) is 0. The van der Waals surface area contributed by atoms with Gasteiger partial charge in [-0.1, -0.05) is 6.42 Å². The number of thiophene rings is 1. The van der Waals surface area contributed by atoms with Gasteiger partial charge in [0.15, 0.2) is 5.60 Å². The van der Waals surface area contributed by atoms with Gasteiger partial charge >= 0.3 is 6.09 Å². The van der Waals surface area contributed by atoms with Crippen LogP contribution in [0, 0.1) is 6.92 Å². The Morgan fingerprint density at radius 2 is 2.12 bits per heavy atom. The molecular weight excluding hydrogens is 222 g/mol. The number of carbonyl (C=O) groups is 1. The minimum atomic E-state index is -0.311. The molecule has 0 radical (unpaired) electrons. The lowest BCUT2D eigenvalue weighted by Gasteiger charge is -2.39. The third kappa shape index (κ3) is 1.44. The van der Waals surface area contributed by atoms with Gasteiger partial charge in [0.05, 0.1) is 10.6 Å². The molecule has 3 nitrogen and oxygen atoms in total. The predicted octanol–water partition coefficient (Wildman–Crippen LogP) is 3.78. The van der Waals surface area contributed by atoms with Crippen molar-refractivity contribution in [2.45, 2.75) is 44.6 Å². The number of anilines is 1. The molecule has 1 fully saturated rings. The molecule has 0 saturated heterocycles. The molecule has 1 N–H and O–H groups in total. The normalized spacial score (nSPS) is 22.4. The predicted molar refractivity (Wildman–Crippen MR) is 63.9 cm³/mol. The van der Waals surface area contributed by atoms with E-state index in [1.807, 2.05) is 0 Å². The fourth-order valence-electron chi connectivity index (χ4n) is 2.76. The lowest BCUT2D eigenvalue weighted by Crippen LogP contribution is -2.39. The van der Waals surface area contributed by atoms with Crippen LogP contribution in [0.4, 0.5) is 10.5 Å². The van der Waals surface area contributed by atoms with Crippen LogP contribution in [0.2, 0.25) is 0 Å². The maximum Gasteiger partial charge on any atom is 0.412 e. The first-order valence-corrected chi connectivity index (χ1v) is 6.62. The molecule has 0 unspecified atom stereocenters. The average molecular weight is 237 g/mol. The topological polar surface area (TPSA) is 38.3 Å². The summed E-state index contributed by atoms with van der Waals surface area (Å²) in [6, 6.07) is 2.05. The molecule has 0 bridgehead atoms. The number of ether oxygens (including phenoxy) is 1. The van der Waals surface area contributed by atoms with Gasteiger partial charge in [0.25, 0.3) is 0 Å². The van der Waals surface area contributed by atoms with Crippen LogP contribution in [0.15, 0.2) is 6.07 Å². The number of amides is 1. The van der Waals surface area contributed by atoms with Crippen molar-refractivity contribution in [1.82, 2.24) is 0 Å².